The maximum absolute atomic E-state index is 10.8. The third kappa shape index (κ3) is 1.73. The molecule has 1 N–H and O–H groups in total. The molecule has 0 saturated heterocycles. The SMILES string of the molecule is C[C@@H]1CCC[C@@H](C)C1C(=O)O. The van der Waals surface area contributed by atoms with Crippen LogP contribution in [0.5, 0.6) is 0 Å². The molecular formula is C9H16O2. The second-order valence-corrected chi connectivity index (χ2v) is 3.75. The van der Waals surface area contributed by atoms with Crippen LogP contribution in [0.15, 0.2) is 0 Å². The minimum Gasteiger partial charge on any atom is -0.481 e. The first-order chi connectivity index (χ1) is 5.13. The van der Waals surface area contributed by atoms with Gasteiger partial charge in [-0.05, 0) is 24.7 Å². The van der Waals surface area contributed by atoms with E-state index in [0.717, 1.165) is 12.8 Å². The summed E-state index contributed by atoms with van der Waals surface area (Å²) in [6.07, 6.45) is 3.37. The molecule has 0 aromatic carbocycles. The van der Waals surface area contributed by atoms with E-state index in [1.54, 1.807) is 0 Å². The van der Waals surface area contributed by atoms with E-state index in [0.29, 0.717) is 11.8 Å². The van der Waals surface area contributed by atoms with Crippen molar-refractivity contribution in [3.05, 3.63) is 0 Å². The molecule has 1 rings (SSSR count). The summed E-state index contributed by atoms with van der Waals surface area (Å²) in [7, 11) is 0. The van der Waals surface area contributed by atoms with Crippen LogP contribution in [0.3, 0.4) is 0 Å². The van der Waals surface area contributed by atoms with E-state index in [4.69, 9.17) is 5.11 Å². The van der Waals surface area contributed by atoms with Gasteiger partial charge in [0.1, 0.15) is 0 Å². The first kappa shape index (κ1) is 8.57. The second-order valence-electron chi connectivity index (χ2n) is 3.75. The maximum atomic E-state index is 10.8. The fourth-order valence-corrected chi connectivity index (χ4v) is 2.17. The standard InChI is InChI=1S/C9H16O2/c1-6-4-3-5-7(2)8(6)9(10)11/h6-8H,3-5H2,1-2H3,(H,10,11)/t6-,7-/m1/s1. The van der Waals surface area contributed by atoms with Gasteiger partial charge in [0.25, 0.3) is 0 Å². The lowest BCUT2D eigenvalue weighted by Crippen LogP contribution is -2.31. The molecule has 2 nitrogen and oxygen atoms in total. The predicted octanol–water partition coefficient (Wildman–Crippen LogP) is 2.14. The highest BCUT2D eigenvalue weighted by Crippen LogP contribution is 2.34. The molecule has 1 fully saturated rings. The van der Waals surface area contributed by atoms with E-state index in [1.807, 2.05) is 0 Å². The Balaban J connectivity index is 2.62. The van der Waals surface area contributed by atoms with Gasteiger partial charge in [-0.3, -0.25) is 4.79 Å². The van der Waals surface area contributed by atoms with Crippen LogP contribution in [-0.2, 0) is 4.79 Å². The minimum atomic E-state index is -0.607. The van der Waals surface area contributed by atoms with Crippen molar-refractivity contribution in [3.8, 4) is 0 Å². The van der Waals surface area contributed by atoms with Gasteiger partial charge in [-0.2, -0.15) is 0 Å². The Morgan fingerprint density at radius 3 is 2.00 bits per heavy atom. The topological polar surface area (TPSA) is 37.3 Å². The fourth-order valence-electron chi connectivity index (χ4n) is 2.17. The molecule has 0 unspecified atom stereocenters. The van der Waals surface area contributed by atoms with Gasteiger partial charge in [-0.25, -0.2) is 0 Å². The van der Waals surface area contributed by atoms with Crippen molar-refractivity contribution in [1.82, 2.24) is 0 Å². The maximum Gasteiger partial charge on any atom is 0.307 e. The number of carbonyl (C=O) groups is 1. The minimum absolute atomic E-state index is 0.0938. The van der Waals surface area contributed by atoms with Gasteiger partial charge in [0, 0.05) is 0 Å². The molecule has 0 heterocycles. The Morgan fingerprint density at radius 2 is 1.73 bits per heavy atom. The number of carboxylic acids is 1. The third-order valence-electron chi connectivity index (χ3n) is 2.83. The van der Waals surface area contributed by atoms with E-state index in [-0.39, 0.29) is 5.92 Å². The molecule has 0 bridgehead atoms. The summed E-state index contributed by atoms with van der Waals surface area (Å²) in [5, 5.41) is 8.88. The number of hydrogen-bond donors (Lipinski definition) is 1. The van der Waals surface area contributed by atoms with Crippen molar-refractivity contribution < 1.29 is 9.90 Å². The molecule has 64 valence electrons. The summed E-state index contributed by atoms with van der Waals surface area (Å²) >= 11 is 0. The second kappa shape index (κ2) is 3.24. The highest BCUT2D eigenvalue weighted by molar-refractivity contribution is 5.70. The van der Waals surface area contributed by atoms with Crippen molar-refractivity contribution in [1.29, 1.82) is 0 Å². The van der Waals surface area contributed by atoms with Gasteiger partial charge in [0.05, 0.1) is 5.92 Å². The quantitative estimate of drug-likeness (QED) is 0.631. The summed E-state index contributed by atoms with van der Waals surface area (Å²) in [6.45, 7) is 4.10. The lowest BCUT2D eigenvalue weighted by Gasteiger charge is -2.30. The molecular weight excluding hydrogens is 140 g/mol. The van der Waals surface area contributed by atoms with Crippen molar-refractivity contribution >= 4 is 5.97 Å². The summed E-state index contributed by atoms with van der Waals surface area (Å²) in [5.74, 6) is 0.0425. The van der Waals surface area contributed by atoms with Gasteiger partial charge in [0.2, 0.25) is 0 Å². The number of hydrogen-bond acceptors (Lipinski definition) is 1. The highest BCUT2D eigenvalue weighted by atomic mass is 16.4. The molecule has 0 aliphatic heterocycles. The molecule has 2 atom stereocenters. The van der Waals surface area contributed by atoms with Gasteiger partial charge < -0.3 is 5.11 Å². The van der Waals surface area contributed by atoms with E-state index >= 15 is 0 Å². The summed E-state index contributed by atoms with van der Waals surface area (Å²) in [5.41, 5.74) is 0. The smallest absolute Gasteiger partial charge is 0.307 e. The van der Waals surface area contributed by atoms with E-state index in [1.165, 1.54) is 6.42 Å². The molecule has 1 aliphatic rings. The van der Waals surface area contributed by atoms with Gasteiger partial charge in [-0.1, -0.05) is 20.3 Å². The zero-order valence-electron chi connectivity index (χ0n) is 7.21. The monoisotopic (exact) mass is 156 g/mol. The largest absolute Gasteiger partial charge is 0.481 e. The molecule has 11 heavy (non-hydrogen) atoms. The number of carboxylic acid groups (broad SMARTS) is 1. The fraction of sp³-hybridized carbons (Fsp3) is 0.889. The zero-order chi connectivity index (χ0) is 8.43. The first-order valence-corrected chi connectivity index (χ1v) is 4.35. The average Bonchev–Trinajstić information content (AvgIpc) is 1.85. The average molecular weight is 156 g/mol. The molecule has 0 spiro atoms. The van der Waals surface area contributed by atoms with Crippen LogP contribution in [0.4, 0.5) is 0 Å². The molecule has 2 heteroatoms. The van der Waals surface area contributed by atoms with E-state index < -0.39 is 5.97 Å². The van der Waals surface area contributed by atoms with Crippen LogP contribution in [0.25, 0.3) is 0 Å². The Hall–Kier alpha value is -0.530. The van der Waals surface area contributed by atoms with Gasteiger partial charge in [0.15, 0.2) is 0 Å². The van der Waals surface area contributed by atoms with E-state index in [2.05, 4.69) is 13.8 Å². The Kier molecular flexibility index (Phi) is 2.53. The molecule has 0 radical (unpaired) electrons. The molecule has 0 aromatic heterocycles. The normalized spacial score (nSPS) is 33.6. The Morgan fingerprint density at radius 1 is 1.27 bits per heavy atom. The van der Waals surface area contributed by atoms with Crippen LogP contribution >= 0.6 is 0 Å². The first-order valence-electron chi connectivity index (χ1n) is 4.35. The number of aliphatic carboxylic acids is 1. The zero-order valence-corrected chi connectivity index (χ0v) is 7.21. The van der Waals surface area contributed by atoms with Crippen molar-refractivity contribution in [2.45, 2.75) is 33.1 Å². The summed E-state index contributed by atoms with van der Waals surface area (Å²) in [6, 6.07) is 0. The van der Waals surface area contributed by atoms with Crippen molar-refractivity contribution in [3.63, 3.8) is 0 Å². The van der Waals surface area contributed by atoms with Crippen LogP contribution in [0, 0.1) is 17.8 Å². The predicted molar refractivity (Wildman–Crippen MR) is 43.3 cm³/mol. The molecule has 0 aromatic rings. The molecule has 0 amide bonds. The van der Waals surface area contributed by atoms with Crippen LogP contribution in [-0.4, -0.2) is 11.1 Å². The van der Waals surface area contributed by atoms with Crippen LogP contribution in [0.2, 0.25) is 0 Å². The van der Waals surface area contributed by atoms with Gasteiger partial charge >= 0.3 is 5.97 Å². The molecule has 1 saturated carbocycles. The van der Waals surface area contributed by atoms with E-state index in [9.17, 15) is 4.79 Å². The summed E-state index contributed by atoms with van der Waals surface area (Å²) < 4.78 is 0. The van der Waals surface area contributed by atoms with Crippen LogP contribution in [0.1, 0.15) is 33.1 Å². The number of rotatable bonds is 1. The Bertz CT molecular complexity index is 144. The van der Waals surface area contributed by atoms with Crippen molar-refractivity contribution in [2.24, 2.45) is 17.8 Å². The highest BCUT2D eigenvalue weighted by Gasteiger charge is 2.32. The lowest BCUT2D eigenvalue weighted by molar-refractivity contribution is -0.146. The lowest BCUT2D eigenvalue weighted by atomic mass is 9.74. The van der Waals surface area contributed by atoms with Gasteiger partial charge in [-0.15, -0.1) is 0 Å². The third-order valence-corrected chi connectivity index (χ3v) is 2.83. The van der Waals surface area contributed by atoms with Crippen molar-refractivity contribution in [2.75, 3.05) is 0 Å². The van der Waals surface area contributed by atoms with Crippen LogP contribution < -0.4 is 0 Å². The summed E-state index contributed by atoms with van der Waals surface area (Å²) in [4.78, 5) is 10.8. The Labute approximate surface area is 67.6 Å². The molecule has 1 aliphatic carbocycles.